The van der Waals surface area contributed by atoms with E-state index >= 15 is 0 Å². The Morgan fingerprint density at radius 3 is 2.15 bits per heavy atom. The molecule has 104 valence electrons. The SMILES string of the molecule is Nc1cccc(C(=O)c2cc(N)cc(C(F)(F)F)c2)c1. The highest BCUT2D eigenvalue weighted by Gasteiger charge is 2.31. The van der Waals surface area contributed by atoms with Crippen molar-refractivity contribution in [2.75, 3.05) is 11.5 Å². The second kappa shape index (κ2) is 4.88. The summed E-state index contributed by atoms with van der Waals surface area (Å²) < 4.78 is 38.1. The Morgan fingerprint density at radius 2 is 1.55 bits per heavy atom. The smallest absolute Gasteiger partial charge is 0.399 e. The number of carbonyl (C=O) groups excluding carboxylic acids is 1. The van der Waals surface area contributed by atoms with E-state index in [1.807, 2.05) is 0 Å². The third-order valence-corrected chi connectivity index (χ3v) is 2.69. The summed E-state index contributed by atoms with van der Waals surface area (Å²) in [6.45, 7) is 0. The summed E-state index contributed by atoms with van der Waals surface area (Å²) in [5.41, 5.74) is 10.3. The fraction of sp³-hybridized carbons (Fsp3) is 0.0714. The highest BCUT2D eigenvalue weighted by molar-refractivity contribution is 6.09. The average Bonchev–Trinajstić information content (AvgIpc) is 2.36. The summed E-state index contributed by atoms with van der Waals surface area (Å²) in [5.74, 6) is -0.560. The number of benzene rings is 2. The largest absolute Gasteiger partial charge is 0.416 e. The van der Waals surface area contributed by atoms with Gasteiger partial charge in [0.1, 0.15) is 0 Å². The Labute approximate surface area is 113 Å². The first-order valence-corrected chi connectivity index (χ1v) is 5.65. The van der Waals surface area contributed by atoms with E-state index in [2.05, 4.69) is 0 Å². The zero-order valence-electron chi connectivity index (χ0n) is 10.2. The third kappa shape index (κ3) is 2.90. The lowest BCUT2D eigenvalue weighted by molar-refractivity contribution is -0.137. The van der Waals surface area contributed by atoms with Gasteiger partial charge in [-0.2, -0.15) is 13.2 Å². The van der Waals surface area contributed by atoms with Gasteiger partial charge in [-0.25, -0.2) is 0 Å². The molecule has 0 amide bonds. The summed E-state index contributed by atoms with van der Waals surface area (Å²) in [7, 11) is 0. The van der Waals surface area contributed by atoms with Crippen molar-refractivity contribution in [2.45, 2.75) is 6.18 Å². The van der Waals surface area contributed by atoms with Gasteiger partial charge in [-0.05, 0) is 30.3 Å². The molecule has 4 N–H and O–H groups in total. The zero-order chi connectivity index (χ0) is 14.9. The van der Waals surface area contributed by atoms with Gasteiger partial charge in [0.25, 0.3) is 0 Å². The van der Waals surface area contributed by atoms with E-state index < -0.39 is 17.5 Å². The van der Waals surface area contributed by atoms with Gasteiger partial charge in [-0.15, -0.1) is 0 Å². The molecule has 3 nitrogen and oxygen atoms in total. The second-order valence-electron chi connectivity index (χ2n) is 4.30. The average molecular weight is 280 g/mol. The van der Waals surface area contributed by atoms with Gasteiger partial charge in [0.15, 0.2) is 5.78 Å². The van der Waals surface area contributed by atoms with Gasteiger partial charge in [-0.3, -0.25) is 4.79 Å². The van der Waals surface area contributed by atoms with E-state index in [0.717, 1.165) is 12.1 Å². The summed E-state index contributed by atoms with van der Waals surface area (Å²) in [6.07, 6.45) is -4.56. The molecule has 0 unspecified atom stereocenters. The van der Waals surface area contributed by atoms with Crippen LogP contribution in [0.5, 0.6) is 0 Å². The van der Waals surface area contributed by atoms with Crippen molar-refractivity contribution in [3.05, 3.63) is 59.2 Å². The second-order valence-corrected chi connectivity index (χ2v) is 4.30. The Hall–Kier alpha value is -2.50. The monoisotopic (exact) mass is 280 g/mol. The Morgan fingerprint density at radius 1 is 0.900 bits per heavy atom. The van der Waals surface area contributed by atoms with Crippen LogP contribution in [-0.2, 0) is 6.18 Å². The summed E-state index contributed by atoms with van der Waals surface area (Å²) in [5, 5.41) is 0. The fourth-order valence-corrected chi connectivity index (χ4v) is 1.79. The van der Waals surface area contributed by atoms with Crippen LogP contribution in [0.3, 0.4) is 0 Å². The minimum atomic E-state index is -4.56. The number of ketones is 1. The molecular formula is C14H11F3N2O. The molecule has 0 heterocycles. The molecule has 0 aromatic heterocycles. The summed E-state index contributed by atoms with van der Waals surface area (Å²) in [6, 6.07) is 8.80. The molecule has 0 aliphatic carbocycles. The molecule has 0 bridgehead atoms. The van der Waals surface area contributed by atoms with E-state index in [4.69, 9.17) is 11.5 Å². The number of rotatable bonds is 2. The van der Waals surface area contributed by atoms with Crippen molar-refractivity contribution in [1.82, 2.24) is 0 Å². The van der Waals surface area contributed by atoms with Crippen LogP contribution < -0.4 is 11.5 Å². The quantitative estimate of drug-likeness (QED) is 0.656. The standard InChI is InChI=1S/C14H11F3N2O/c15-14(16,17)10-4-9(6-12(19)7-10)13(20)8-2-1-3-11(18)5-8/h1-7H,18-19H2. The van der Waals surface area contributed by atoms with Gasteiger partial charge in [0.2, 0.25) is 0 Å². The minimum Gasteiger partial charge on any atom is -0.399 e. The lowest BCUT2D eigenvalue weighted by Gasteiger charge is -2.10. The van der Waals surface area contributed by atoms with Crippen molar-refractivity contribution >= 4 is 17.2 Å². The molecule has 0 fully saturated rings. The third-order valence-electron chi connectivity index (χ3n) is 2.69. The Kier molecular flexibility index (Phi) is 3.40. The van der Waals surface area contributed by atoms with Crippen LogP contribution in [0.15, 0.2) is 42.5 Å². The molecule has 0 saturated carbocycles. The van der Waals surface area contributed by atoms with Crippen LogP contribution in [-0.4, -0.2) is 5.78 Å². The Bertz CT molecular complexity index is 666. The molecule has 6 heteroatoms. The highest BCUT2D eigenvalue weighted by Crippen LogP contribution is 2.31. The van der Waals surface area contributed by atoms with E-state index in [0.29, 0.717) is 5.69 Å². The van der Waals surface area contributed by atoms with Crippen LogP contribution >= 0.6 is 0 Å². The van der Waals surface area contributed by atoms with Crippen LogP contribution in [0.1, 0.15) is 21.5 Å². The van der Waals surface area contributed by atoms with Crippen molar-refractivity contribution < 1.29 is 18.0 Å². The van der Waals surface area contributed by atoms with Gasteiger partial charge in [0, 0.05) is 22.5 Å². The molecule has 2 aromatic carbocycles. The first-order chi connectivity index (χ1) is 9.27. The van der Waals surface area contributed by atoms with E-state index in [1.165, 1.54) is 18.2 Å². The molecule has 0 aliphatic rings. The topological polar surface area (TPSA) is 69.1 Å². The predicted octanol–water partition coefficient (Wildman–Crippen LogP) is 3.10. The first kappa shape index (κ1) is 13.9. The predicted molar refractivity (Wildman–Crippen MR) is 70.1 cm³/mol. The number of alkyl halides is 3. The molecule has 0 saturated heterocycles. The number of hydrogen-bond donors (Lipinski definition) is 2. The van der Waals surface area contributed by atoms with Gasteiger partial charge in [0.05, 0.1) is 5.56 Å². The van der Waals surface area contributed by atoms with Crippen molar-refractivity contribution in [3.8, 4) is 0 Å². The van der Waals surface area contributed by atoms with Gasteiger partial charge < -0.3 is 11.5 Å². The number of anilines is 2. The lowest BCUT2D eigenvalue weighted by Crippen LogP contribution is -2.09. The normalized spacial score (nSPS) is 11.3. The van der Waals surface area contributed by atoms with E-state index in [9.17, 15) is 18.0 Å². The van der Waals surface area contributed by atoms with Gasteiger partial charge in [-0.1, -0.05) is 12.1 Å². The number of carbonyl (C=O) groups is 1. The minimum absolute atomic E-state index is 0.118. The molecule has 0 spiro atoms. The number of nitrogen functional groups attached to an aromatic ring is 2. The summed E-state index contributed by atoms with van der Waals surface area (Å²) >= 11 is 0. The molecular weight excluding hydrogens is 269 g/mol. The lowest BCUT2D eigenvalue weighted by atomic mass is 10.00. The Balaban J connectivity index is 2.48. The van der Waals surface area contributed by atoms with E-state index in [1.54, 1.807) is 12.1 Å². The maximum Gasteiger partial charge on any atom is 0.416 e. The summed E-state index contributed by atoms with van der Waals surface area (Å²) in [4.78, 5) is 12.2. The number of hydrogen-bond acceptors (Lipinski definition) is 3. The van der Waals surface area contributed by atoms with Crippen molar-refractivity contribution in [1.29, 1.82) is 0 Å². The molecule has 20 heavy (non-hydrogen) atoms. The van der Waals surface area contributed by atoms with Gasteiger partial charge >= 0.3 is 6.18 Å². The molecule has 0 aliphatic heterocycles. The maximum atomic E-state index is 12.7. The van der Waals surface area contributed by atoms with Crippen molar-refractivity contribution in [3.63, 3.8) is 0 Å². The van der Waals surface area contributed by atoms with Crippen LogP contribution in [0, 0.1) is 0 Å². The van der Waals surface area contributed by atoms with E-state index in [-0.39, 0.29) is 16.8 Å². The molecule has 2 aromatic rings. The first-order valence-electron chi connectivity index (χ1n) is 5.65. The molecule has 2 rings (SSSR count). The molecule has 0 radical (unpaired) electrons. The number of nitrogens with two attached hydrogens (primary N) is 2. The molecule has 0 atom stereocenters. The van der Waals surface area contributed by atoms with Crippen LogP contribution in [0.2, 0.25) is 0 Å². The van der Waals surface area contributed by atoms with Crippen LogP contribution in [0.25, 0.3) is 0 Å². The highest BCUT2D eigenvalue weighted by atomic mass is 19.4. The van der Waals surface area contributed by atoms with Crippen molar-refractivity contribution in [2.24, 2.45) is 0 Å². The number of halogens is 3. The maximum absolute atomic E-state index is 12.7. The zero-order valence-corrected chi connectivity index (χ0v) is 10.2. The van der Waals surface area contributed by atoms with Crippen LogP contribution in [0.4, 0.5) is 24.5 Å². The fourth-order valence-electron chi connectivity index (χ4n) is 1.79.